The number of amides is 2. The Bertz CT molecular complexity index is 1220. The van der Waals surface area contributed by atoms with E-state index in [2.05, 4.69) is 27.6 Å². The summed E-state index contributed by atoms with van der Waals surface area (Å²) >= 11 is 3.01. The summed E-state index contributed by atoms with van der Waals surface area (Å²) in [6.07, 6.45) is 3.36. The zero-order chi connectivity index (χ0) is 23.4. The Morgan fingerprint density at radius 2 is 1.94 bits per heavy atom. The molecule has 0 N–H and O–H groups in total. The molecule has 0 spiro atoms. The minimum Gasteiger partial charge on any atom is -0.493 e. The highest BCUT2D eigenvalue weighted by Crippen LogP contribution is 2.38. The minimum atomic E-state index is -0.390. The molecule has 9 heteroatoms. The number of imide groups is 1. The van der Waals surface area contributed by atoms with Crippen molar-refractivity contribution >= 4 is 51.6 Å². The highest BCUT2D eigenvalue weighted by Gasteiger charge is 2.35. The number of halogens is 2. The number of hydrogen-bond donors (Lipinski definition) is 0. The van der Waals surface area contributed by atoms with Gasteiger partial charge in [-0.25, -0.2) is 4.39 Å². The number of methoxy groups -OCH3 is 1. The van der Waals surface area contributed by atoms with E-state index in [1.54, 1.807) is 37.6 Å². The van der Waals surface area contributed by atoms with E-state index in [0.29, 0.717) is 27.5 Å². The third-order valence-electron chi connectivity index (χ3n) is 4.77. The SMILES string of the molecule is COc1cc(/C=C2\SC(=O)N(Cc3ccc(F)cc3)C2=O)cc(I)c1OCc1ccccn1. The smallest absolute Gasteiger partial charge is 0.293 e. The maximum absolute atomic E-state index is 13.1. The first-order chi connectivity index (χ1) is 15.9. The quantitative estimate of drug-likeness (QED) is 0.268. The number of benzene rings is 2. The molecule has 0 radical (unpaired) electrons. The summed E-state index contributed by atoms with van der Waals surface area (Å²) in [5, 5.41) is -0.368. The molecule has 4 rings (SSSR count). The molecule has 0 saturated carbocycles. The molecule has 0 aliphatic carbocycles. The largest absolute Gasteiger partial charge is 0.493 e. The average Bonchev–Trinajstić information content (AvgIpc) is 3.07. The predicted octanol–water partition coefficient (Wildman–Crippen LogP) is 5.65. The first-order valence-corrected chi connectivity index (χ1v) is 11.7. The van der Waals surface area contributed by atoms with Crippen LogP contribution in [-0.2, 0) is 17.9 Å². The number of rotatable bonds is 7. The van der Waals surface area contributed by atoms with Gasteiger partial charge in [0.15, 0.2) is 11.5 Å². The molecular weight excluding hydrogens is 558 g/mol. The van der Waals surface area contributed by atoms with Crippen LogP contribution in [0.4, 0.5) is 9.18 Å². The molecule has 168 valence electrons. The first kappa shape index (κ1) is 23.2. The number of hydrogen-bond acceptors (Lipinski definition) is 6. The highest BCUT2D eigenvalue weighted by atomic mass is 127. The zero-order valence-electron chi connectivity index (χ0n) is 17.5. The molecule has 33 heavy (non-hydrogen) atoms. The Hall–Kier alpha value is -2.92. The Labute approximate surface area is 207 Å². The van der Waals surface area contributed by atoms with Crippen LogP contribution in [-0.4, -0.2) is 28.1 Å². The summed E-state index contributed by atoms with van der Waals surface area (Å²) < 4.78 is 25.3. The van der Waals surface area contributed by atoms with Gasteiger partial charge in [-0.05, 0) is 88.0 Å². The lowest BCUT2D eigenvalue weighted by atomic mass is 10.1. The minimum absolute atomic E-state index is 0.0867. The second kappa shape index (κ2) is 10.3. The second-order valence-electron chi connectivity index (χ2n) is 7.04. The lowest BCUT2D eigenvalue weighted by Crippen LogP contribution is -2.27. The summed E-state index contributed by atoms with van der Waals surface area (Å²) in [5.74, 6) is 0.322. The van der Waals surface area contributed by atoms with E-state index in [0.717, 1.165) is 25.9 Å². The second-order valence-corrected chi connectivity index (χ2v) is 9.19. The van der Waals surface area contributed by atoms with Gasteiger partial charge in [0.2, 0.25) is 0 Å². The maximum atomic E-state index is 13.1. The topological polar surface area (TPSA) is 68.7 Å². The molecule has 3 aromatic rings. The van der Waals surface area contributed by atoms with Crippen molar-refractivity contribution < 1.29 is 23.5 Å². The van der Waals surface area contributed by atoms with Crippen molar-refractivity contribution in [1.29, 1.82) is 0 Å². The van der Waals surface area contributed by atoms with Gasteiger partial charge in [-0.1, -0.05) is 18.2 Å². The number of thioether (sulfide) groups is 1. The lowest BCUT2D eigenvalue weighted by molar-refractivity contribution is -0.123. The molecule has 1 aliphatic heterocycles. The van der Waals surface area contributed by atoms with Crippen molar-refractivity contribution in [2.24, 2.45) is 0 Å². The molecule has 1 fully saturated rings. The van der Waals surface area contributed by atoms with Crippen LogP contribution in [0.5, 0.6) is 11.5 Å². The molecular formula is C24H18FIN2O4S. The number of nitrogens with zero attached hydrogens (tertiary/aromatic N) is 2. The van der Waals surface area contributed by atoms with Crippen LogP contribution in [0.25, 0.3) is 6.08 Å². The van der Waals surface area contributed by atoms with E-state index in [9.17, 15) is 14.0 Å². The van der Waals surface area contributed by atoms with Gasteiger partial charge in [0, 0.05) is 6.20 Å². The van der Waals surface area contributed by atoms with Crippen LogP contribution in [0, 0.1) is 9.39 Å². The molecule has 0 unspecified atom stereocenters. The van der Waals surface area contributed by atoms with E-state index < -0.39 is 5.91 Å². The van der Waals surface area contributed by atoms with Crippen molar-refractivity contribution in [3.05, 3.63) is 91.9 Å². The highest BCUT2D eigenvalue weighted by molar-refractivity contribution is 14.1. The summed E-state index contributed by atoms with van der Waals surface area (Å²) in [6.45, 7) is 0.373. The number of carbonyl (C=O) groups is 2. The Balaban J connectivity index is 1.53. The Morgan fingerprint density at radius 1 is 1.15 bits per heavy atom. The number of ether oxygens (including phenoxy) is 2. The average molecular weight is 576 g/mol. The fourth-order valence-corrected chi connectivity index (χ4v) is 4.77. The van der Waals surface area contributed by atoms with Gasteiger partial charge < -0.3 is 9.47 Å². The van der Waals surface area contributed by atoms with Crippen molar-refractivity contribution in [2.45, 2.75) is 13.2 Å². The van der Waals surface area contributed by atoms with Crippen molar-refractivity contribution in [1.82, 2.24) is 9.88 Å². The van der Waals surface area contributed by atoms with Gasteiger partial charge in [-0.2, -0.15) is 0 Å². The van der Waals surface area contributed by atoms with Gasteiger partial charge in [-0.15, -0.1) is 0 Å². The first-order valence-electron chi connectivity index (χ1n) is 9.84. The maximum Gasteiger partial charge on any atom is 0.293 e. The van der Waals surface area contributed by atoms with Gasteiger partial charge in [0.1, 0.15) is 12.4 Å². The van der Waals surface area contributed by atoms with Crippen LogP contribution >= 0.6 is 34.4 Å². The van der Waals surface area contributed by atoms with E-state index in [-0.39, 0.29) is 24.2 Å². The number of aromatic nitrogens is 1. The molecule has 2 aromatic carbocycles. The molecule has 2 heterocycles. The monoisotopic (exact) mass is 576 g/mol. The number of pyridine rings is 1. The van der Waals surface area contributed by atoms with Crippen molar-refractivity contribution in [2.75, 3.05) is 7.11 Å². The molecule has 2 amide bonds. The standard InChI is InChI=1S/C24H18FIN2O4S/c1-31-20-11-16(10-19(26)22(20)32-14-18-4-2-3-9-27-18)12-21-23(29)28(24(30)33-21)13-15-5-7-17(25)8-6-15/h2-12H,13-14H2,1H3/b21-12-. The molecule has 1 saturated heterocycles. The van der Waals surface area contributed by atoms with Crippen LogP contribution in [0.15, 0.2) is 65.7 Å². The van der Waals surface area contributed by atoms with Crippen molar-refractivity contribution in [3.63, 3.8) is 0 Å². The van der Waals surface area contributed by atoms with Crippen LogP contribution in [0.2, 0.25) is 0 Å². The van der Waals surface area contributed by atoms with Gasteiger partial charge in [0.05, 0.1) is 27.8 Å². The van der Waals surface area contributed by atoms with Gasteiger partial charge >= 0.3 is 0 Å². The normalized spacial score (nSPS) is 14.8. The molecule has 1 aliphatic rings. The Morgan fingerprint density at radius 3 is 2.64 bits per heavy atom. The third kappa shape index (κ3) is 5.53. The third-order valence-corrected chi connectivity index (χ3v) is 6.48. The zero-order valence-corrected chi connectivity index (χ0v) is 20.4. The molecule has 0 atom stereocenters. The fraction of sp³-hybridized carbons (Fsp3) is 0.125. The van der Waals surface area contributed by atoms with Crippen LogP contribution in [0.1, 0.15) is 16.8 Å². The summed E-state index contributed by atoms with van der Waals surface area (Å²) in [7, 11) is 1.54. The summed E-state index contributed by atoms with van der Waals surface area (Å²) in [4.78, 5) is 31.0. The molecule has 6 nitrogen and oxygen atoms in total. The van der Waals surface area contributed by atoms with E-state index in [1.807, 2.05) is 24.3 Å². The van der Waals surface area contributed by atoms with Crippen LogP contribution in [0.3, 0.4) is 0 Å². The molecule has 1 aromatic heterocycles. The van der Waals surface area contributed by atoms with E-state index in [4.69, 9.17) is 9.47 Å². The van der Waals surface area contributed by atoms with Crippen molar-refractivity contribution in [3.8, 4) is 11.5 Å². The van der Waals surface area contributed by atoms with Crippen LogP contribution < -0.4 is 9.47 Å². The lowest BCUT2D eigenvalue weighted by Gasteiger charge is -2.14. The number of carbonyl (C=O) groups excluding carboxylic acids is 2. The summed E-state index contributed by atoms with van der Waals surface area (Å²) in [5.41, 5.74) is 2.16. The van der Waals surface area contributed by atoms with E-state index >= 15 is 0 Å². The van der Waals surface area contributed by atoms with Gasteiger partial charge in [0.25, 0.3) is 11.1 Å². The fourth-order valence-electron chi connectivity index (χ4n) is 3.15. The Kier molecular flexibility index (Phi) is 7.29. The summed E-state index contributed by atoms with van der Waals surface area (Å²) in [6, 6.07) is 14.9. The predicted molar refractivity (Wildman–Crippen MR) is 132 cm³/mol. The van der Waals surface area contributed by atoms with E-state index in [1.165, 1.54) is 12.1 Å². The van der Waals surface area contributed by atoms with Gasteiger partial charge in [-0.3, -0.25) is 19.5 Å². The molecule has 0 bridgehead atoms.